The van der Waals surface area contributed by atoms with Gasteiger partial charge in [-0.2, -0.15) is 0 Å². The van der Waals surface area contributed by atoms with Crippen LogP contribution in [-0.2, 0) is 20.9 Å². The largest absolute Gasteiger partial charge is 0.465 e. The summed E-state index contributed by atoms with van der Waals surface area (Å²) in [5, 5.41) is 0. The standard InChI is InChI=1S/C12H14O4/c1-3-11(13)16-8-9-6-4-5-7-10(9)12(14)15-2/h4-7H,3,8H2,1-2H3. The van der Waals surface area contributed by atoms with Crippen LogP contribution in [-0.4, -0.2) is 19.0 Å². The highest BCUT2D eigenvalue weighted by Crippen LogP contribution is 2.11. The number of hydrogen-bond acceptors (Lipinski definition) is 4. The van der Waals surface area contributed by atoms with Gasteiger partial charge >= 0.3 is 11.9 Å². The maximum absolute atomic E-state index is 11.4. The van der Waals surface area contributed by atoms with Crippen LogP contribution in [0.4, 0.5) is 0 Å². The number of carbonyl (C=O) groups is 2. The molecule has 1 aromatic rings. The van der Waals surface area contributed by atoms with Gasteiger partial charge in [-0.15, -0.1) is 0 Å². The van der Waals surface area contributed by atoms with Crippen LogP contribution in [0.15, 0.2) is 24.3 Å². The van der Waals surface area contributed by atoms with Crippen LogP contribution in [0.1, 0.15) is 29.3 Å². The van der Waals surface area contributed by atoms with Crippen LogP contribution in [0.25, 0.3) is 0 Å². The van der Waals surface area contributed by atoms with Gasteiger partial charge in [0, 0.05) is 12.0 Å². The maximum atomic E-state index is 11.4. The monoisotopic (exact) mass is 222 g/mol. The molecule has 0 aliphatic rings. The molecule has 4 heteroatoms. The van der Waals surface area contributed by atoms with Crippen molar-refractivity contribution in [1.29, 1.82) is 0 Å². The molecule has 0 N–H and O–H groups in total. The molecule has 0 bridgehead atoms. The van der Waals surface area contributed by atoms with Crippen LogP contribution >= 0.6 is 0 Å². The molecule has 0 aromatic heterocycles. The summed E-state index contributed by atoms with van der Waals surface area (Å²) >= 11 is 0. The molecule has 0 radical (unpaired) electrons. The van der Waals surface area contributed by atoms with E-state index in [1.807, 2.05) is 0 Å². The Morgan fingerprint density at radius 1 is 1.25 bits per heavy atom. The molecule has 0 aliphatic heterocycles. The van der Waals surface area contributed by atoms with Gasteiger partial charge in [-0.1, -0.05) is 25.1 Å². The molecule has 0 spiro atoms. The second-order valence-corrected chi connectivity index (χ2v) is 3.16. The molecule has 0 fully saturated rings. The van der Waals surface area contributed by atoms with E-state index >= 15 is 0 Å². The van der Waals surface area contributed by atoms with Crippen LogP contribution in [0.3, 0.4) is 0 Å². The van der Waals surface area contributed by atoms with Gasteiger partial charge in [-0.05, 0) is 6.07 Å². The van der Waals surface area contributed by atoms with E-state index in [4.69, 9.17) is 4.74 Å². The molecule has 0 amide bonds. The topological polar surface area (TPSA) is 52.6 Å². The van der Waals surface area contributed by atoms with Crippen molar-refractivity contribution in [3.05, 3.63) is 35.4 Å². The Labute approximate surface area is 94.2 Å². The highest BCUT2D eigenvalue weighted by atomic mass is 16.5. The number of carbonyl (C=O) groups excluding carboxylic acids is 2. The lowest BCUT2D eigenvalue weighted by Gasteiger charge is -2.07. The molecule has 0 aliphatic carbocycles. The Morgan fingerprint density at radius 2 is 1.94 bits per heavy atom. The van der Waals surface area contributed by atoms with Crippen molar-refractivity contribution in [2.75, 3.05) is 7.11 Å². The zero-order valence-corrected chi connectivity index (χ0v) is 9.36. The van der Waals surface area contributed by atoms with Gasteiger partial charge in [-0.3, -0.25) is 4.79 Å². The van der Waals surface area contributed by atoms with Crippen LogP contribution < -0.4 is 0 Å². The zero-order chi connectivity index (χ0) is 12.0. The molecule has 16 heavy (non-hydrogen) atoms. The van der Waals surface area contributed by atoms with Gasteiger partial charge in [-0.25, -0.2) is 4.79 Å². The predicted octanol–water partition coefficient (Wildman–Crippen LogP) is 1.93. The fourth-order valence-electron chi connectivity index (χ4n) is 1.22. The molecular formula is C12H14O4. The van der Waals surface area contributed by atoms with E-state index in [1.165, 1.54) is 7.11 Å². The normalized spacial score (nSPS) is 9.62. The van der Waals surface area contributed by atoms with Crippen LogP contribution in [0.5, 0.6) is 0 Å². The Morgan fingerprint density at radius 3 is 2.56 bits per heavy atom. The smallest absolute Gasteiger partial charge is 0.338 e. The van der Waals surface area contributed by atoms with E-state index in [0.717, 1.165) is 0 Å². The number of esters is 2. The molecule has 86 valence electrons. The lowest BCUT2D eigenvalue weighted by atomic mass is 10.1. The second-order valence-electron chi connectivity index (χ2n) is 3.16. The first kappa shape index (κ1) is 12.2. The Bertz CT molecular complexity index is 384. The third-order valence-electron chi connectivity index (χ3n) is 2.10. The first-order valence-corrected chi connectivity index (χ1v) is 5.00. The van der Waals surface area contributed by atoms with Crippen LogP contribution in [0.2, 0.25) is 0 Å². The Balaban J connectivity index is 2.79. The van der Waals surface area contributed by atoms with Crippen molar-refractivity contribution in [3.63, 3.8) is 0 Å². The minimum absolute atomic E-state index is 0.0952. The average Bonchev–Trinajstić information content (AvgIpc) is 2.35. The Kier molecular flexibility index (Phi) is 4.51. The van der Waals surface area contributed by atoms with Gasteiger partial charge < -0.3 is 9.47 Å². The third kappa shape index (κ3) is 3.08. The highest BCUT2D eigenvalue weighted by molar-refractivity contribution is 5.91. The summed E-state index contributed by atoms with van der Waals surface area (Å²) in [5.74, 6) is -0.720. The van der Waals surface area contributed by atoms with Crippen molar-refractivity contribution in [1.82, 2.24) is 0 Å². The first-order valence-electron chi connectivity index (χ1n) is 5.00. The summed E-state index contributed by atoms with van der Waals surface area (Å²) < 4.78 is 9.60. The SMILES string of the molecule is CCC(=O)OCc1ccccc1C(=O)OC. The maximum Gasteiger partial charge on any atom is 0.338 e. The van der Waals surface area contributed by atoms with Crippen molar-refractivity contribution < 1.29 is 19.1 Å². The van der Waals surface area contributed by atoms with Gasteiger partial charge in [0.05, 0.1) is 12.7 Å². The van der Waals surface area contributed by atoms with E-state index in [-0.39, 0.29) is 12.6 Å². The van der Waals surface area contributed by atoms with Gasteiger partial charge in [0.25, 0.3) is 0 Å². The van der Waals surface area contributed by atoms with Crippen molar-refractivity contribution in [2.45, 2.75) is 20.0 Å². The lowest BCUT2D eigenvalue weighted by molar-refractivity contribution is -0.144. The van der Waals surface area contributed by atoms with E-state index in [9.17, 15) is 9.59 Å². The van der Waals surface area contributed by atoms with Crippen molar-refractivity contribution in [3.8, 4) is 0 Å². The minimum Gasteiger partial charge on any atom is -0.465 e. The van der Waals surface area contributed by atoms with Gasteiger partial charge in [0.1, 0.15) is 6.61 Å². The van der Waals surface area contributed by atoms with Gasteiger partial charge in [0.2, 0.25) is 0 Å². The van der Waals surface area contributed by atoms with Crippen LogP contribution in [0, 0.1) is 0 Å². The second kappa shape index (κ2) is 5.90. The molecule has 0 saturated heterocycles. The van der Waals surface area contributed by atoms with E-state index in [1.54, 1.807) is 31.2 Å². The summed E-state index contributed by atoms with van der Waals surface area (Å²) in [4.78, 5) is 22.4. The molecule has 1 aromatic carbocycles. The average molecular weight is 222 g/mol. The molecule has 0 unspecified atom stereocenters. The number of benzene rings is 1. The molecular weight excluding hydrogens is 208 g/mol. The summed E-state index contributed by atoms with van der Waals surface area (Å²) in [5.41, 5.74) is 1.07. The Hall–Kier alpha value is -1.84. The quantitative estimate of drug-likeness (QED) is 0.730. The summed E-state index contributed by atoms with van der Waals surface area (Å²) in [7, 11) is 1.32. The summed E-state index contributed by atoms with van der Waals surface area (Å²) in [6.45, 7) is 1.81. The van der Waals surface area contributed by atoms with Gasteiger partial charge in [0.15, 0.2) is 0 Å². The van der Waals surface area contributed by atoms with Crippen molar-refractivity contribution in [2.24, 2.45) is 0 Å². The van der Waals surface area contributed by atoms with E-state index < -0.39 is 5.97 Å². The predicted molar refractivity (Wildman–Crippen MR) is 57.9 cm³/mol. The van der Waals surface area contributed by atoms with Crippen molar-refractivity contribution >= 4 is 11.9 Å². The molecule has 0 atom stereocenters. The molecule has 0 saturated carbocycles. The fraction of sp³-hybridized carbons (Fsp3) is 0.333. The molecule has 4 nitrogen and oxygen atoms in total. The minimum atomic E-state index is -0.428. The fourth-order valence-corrected chi connectivity index (χ4v) is 1.22. The highest BCUT2D eigenvalue weighted by Gasteiger charge is 2.11. The number of rotatable bonds is 4. The third-order valence-corrected chi connectivity index (χ3v) is 2.10. The molecule has 1 rings (SSSR count). The number of ether oxygens (including phenoxy) is 2. The summed E-state index contributed by atoms with van der Waals surface area (Å²) in [6.07, 6.45) is 0.320. The lowest BCUT2D eigenvalue weighted by Crippen LogP contribution is -2.09. The van der Waals surface area contributed by atoms with E-state index in [2.05, 4.69) is 4.74 Å². The number of hydrogen-bond donors (Lipinski definition) is 0. The molecule has 0 heterocycles. The summed E-state index contributed by atoms with van der Waals surface area (Å²) in [6, 6.07) is 6.88. The first-order chi connectivity index (χ1) is 7.69. The number of methoxy groups -OCH3 is 1. The van der Waals surface area contributed by atoms with E-state index in [0.29, 0.717) is 17.5 Å². The zero-order valence-electron chi connectivity index (χ0n) is 9.36.